The maximum absolute atomic E-state index is 10.4. The average Bonchev–Trinajstić information content (AvgIpc) is 2.52. The monoisotopic (exact) mass is 308 g/mol. The van der Waals surface area contributed by atoms with Gasteiger partial charge < -0.3 is 5.11 Å². The molecule has 1 saturated carbocycles. The van der Waals surface area contributed by atoms with Gasteiger partial charge >= 0.3 is 0 Å². The number of aliphatic hydroxyl groups excluding tert-OH is 1. The van der Waals surface area contributed by atoms with Crippen LogP contribution in [0.15, 0.2) is 24.8 Å². The number of rotatable bonds is 8. The Morgan fingerprint density at radius 1 is 1.14 bits per heavy atom. The molecule has 1 N–H and O–H groups in total. The molecule has 1 aliphatic carbocycles. The Labute approximate surface area is 139 Å². The normalized spacial score (nSPS) is 23.2. The molecule has 130 valence electrons. The summed E-state index contributed by atoms with van der Waals surface area (Å²) in [7, 11) is 0. The zero-order valence-electron chi connectivity index (χ0n) is 15.6. The summed E-state index contributed by atoms with van der Waals surface area (Å²) in [4.78, 5) is 0. The van der Waals surface area contributed by atoms with E-state index in [2.05, 4.69) is 46.4 Å². The highest BCUT2D eigenvalue weighted by atomic mass is 16.3. The second kappa shape index (κ2) is 14.1. The van der Waals surface area contributed by atoms with Gasteiger partial charge in [-0.3, -0.25) is 0 Å². The molecule has 0 spiro atoms. The van der Waals surface area contributed by atoms with Crippen LogP contribution >= 0.6 is 0 Å². The Hall–Kier alpha value is -0.560. The van der Waals surface area contributed by atoms with E-state index in [9.17, 15) is 5.11 Å². The quantitative estimate of drug-likeness (QED) is 0.505. The van der Waals surface area contributed by atoms with Crippen molar-refractivity contribution in [1.82, 2.24) is 0 Å². The van der Waals surface area contributed by atoms with E-state index < -0.39 is 0 Å². The number of allylic oxidation sites excluding steroid dienone is 3. The molecule has 1 unspecified atom stereocenters. The molecule has 1 rings (SSSR count). The van der Waals surface area contributed by atoms with E-state index in [1.165, 1.54) is 38.5 Å². The van der Waals surface area contributed by atoms with Gasteiger partial charge in [0, 0.05) is 0 Å². The van der Waals surface area contributed by atoms with E-state index in [4.69, 9.17) is 0 Å². The zero-order chi connectivity index (χ0) is 16.8. The van der Waals surface area contributed by atoms with E-state index in [1.54, 1.807) is 0 Å². The largest absolute Gasteiger partial charge is 0.393 e. The van der Waals surface area contributed by atoms with Gasteiger partial charge in [0.15, 0.2) is 0 Å². The molecule has 0 amide bonds. The smallest absolute Gasteiger partial charge is 0.0574 e. The predicted octanol–water partition coefficient (Wildman–Crippen LogP) is 6.53. The Bertz CT molecular complexity index is 278. The Morgan fingerprint density at radius 2 is 1.77 bits per heavy atom. The Morgan fingerprint density at radius 3 is 2.32 bits per heavy atom. The van der Waals surface area contributed by atoms with Crippen LogP contribution in [0.5, 0.6) is 0 Å². The van der Waals surface area contributed by atoms with E-state index >= 15 is 0 Å². The lowest BCUT2D eigenvalue weighted by Crippen LogP contribution is -2.30. The molecular formula is C21H40O. The third kappa shape index (κ3) is 10.2. The molecule has 1 aliphatic rings. The van der Waals surface area contributed by atoms with Gasteiger partial charge in [-0.1, -0.05) is 71.6 Å². The van der Waals surface area contributed by atoms with E-state index in [0.29, 0.717) is 17.8 Å². The number of aliphatic hydroxyl groups is 1. The molecular weight excluding hydrogens is 268 g/mol. The summed E-state index contributed by atoms with van der Waals surface area (Å²) >= 11 is 0. The number of hydrogen-bond acceptors (Lipinski definition) is 1. The minimum absolute atomic E-state index is 0.118. The maximum atomic E-state index is 10.4. The fourth-order valence-corrected chi connectivity index (χ4v) is 3.10. The Kier molecular flexibility index (Phi) is 13.7. The first-order valence-corrected chi connectivity index (χ1v) is 9.52. The van der Waals surface area contributed by atoms with Crippen LogP contribution in [0.1, 0.15) is 85.5 Å². The van der Waals surface area contributed by atoms with Crippen LogP contribution in [0.2, 0.25) is 0 Å². The molecule has 0 aromatic rings. The van der Waals surface area contributed by atoms with Gasteiger partial charge in [0.05, 0.1) is 6.10 Å². The lowest BCUT2D eigenvalue weighted by molar-refractivity contribution is 0.0430. The summed E-state index contributed by atoms with van der Waals surface area (Å²) in [5.74, 6) is 1.79. The summed E-state index contributed by atoms with van der Waals surface area (Å²) in [6.45, 7) is 12.6. The van der Waals surface area contributed by atoms with Crippen molar-refractivity contribution in [3.8, 4) is 0 Å². The fourth-order valence-electron chi connectivity index (χ4n) is 3.10. The number of hydrogen-bond donors (Lipinski definition) is 1. The molecule has 0 aromatic heterocycles. The second-order valence-corrected chi connectivity index (χ2v) is 7.05. The molecule has 3 atom stereocenters. The molecule has 0 heterocycles. The molecule has 0 aromatic carbocycles. The van der Waals surface area contributed by atoms with E-state index in [-0.39, 0.29) is 6.10 Å². The SMILES string of the molecule is C=CCC1CCCC[C@@H]1[C@@H](O)CC/C=C/C(C)C.CCCC. The molecule has 0 radical (unpaired) electrons. The minimum Gasteiger partial charge on any atom is -0.393 e. The van der Waals surface area contributed by atoms with Crippen molar-refractivity contribution in [3.05, 3.63) is 24.8 Å². The van der Waals surface area contributed by atoms with Crippen molar-refractivity contribution < 1.29 is 5.11 Å². The highest BCUT2D eigenvalue weighted by molar-refractivity contribution is 4.88. The summed E-state index contributed by atoms with van der Waals surface area (Å²) in [6.07, 6.45) is 17.1. The van der Waals surface area contributed by atoms with Crippen LogP contribution in [-0.4, -0.2) is 11.2 Å². The standard InChI is InChI=1S/C17H30O.C4H10/c1-4-9-15-11-6-7-12-16(15)17(18)13-8-5-10-14(2)3;1-3-4-2/h4-5,10,14-18H,1,6-9,11-13H2,2-3H3;3-4H2,1-2H3/b10-5+;/t15?,16-,17-;/m0./s1. The van der Waals surface area contributed by atoms with Crippen LogP contribution in [0.25, 0.3) is 0 Å². The van der Waals surface area contributed by atoms with Gasteiger partial charge in [-0.15, -0.1) is 6.58 Å². The van der Waals surface area contributed by atoms with Gasteiger partial charge in [0.1, 0.15) is 0 Å². The Balaban J connectivity index is 0.000000980. The molecule has 1 heteroatoms. The van der Waals surface area contributed by atoms with E-state index in [0.717, 1.165) is 19.3 Å². The second-order valence-electron chi connectivity index (χ2n) is 7.05. The van der Waals surface area contributed by atoms with Crippen LogP contribution in [0, 0.1) is 17.8 Å². The van der Waals surface area contributed by atoms with Crippen LogP contribution in [0.4, 0.5) is 0 Å². The maximum Gasteiger partial charge on any atom is 0.0574 e. The van der Waals surface area contributed by atoms with Crippen molar-refractivity contribution >= 4 is 0 Å². The lowest BCUT2D eigenvalue weighted by Gasteiger charge is -2.34. The van der Waals surface area contributed by atoms with Crippen molar-refractivity contribution in [1.29, 1.82) is 0 Å². The molecule has 22 heavy (non-hydrogen) atoms. The van der Waals surface area contributed by atoms with Gasteiger partial charge in [0.2, 0.25) is 0 Å². The first kappa shape index (κ1) is 21.4. The molecule has 0 bridgehead atoms. The van der Waals surface area contributed by atoms with Gasteiger partial charge in [0.25, 0.3) is 0 Å². The highest BCUT2D eigenvalue weighted by Gasteiger charge is 2.29. The summed E-state index contributed by atoms with van der Waals surface area (Å²) in [5, 5.41) is 10.4. The van der Waals surface area contributed by atoms with Crippen molar-refractivity contribution in [2.45, 2.75) is 91.6 Å². The third-order valence-corrected chi connectivity index (χ3v) is 4.58. The van der Waals surface area contributed by atoms with Gasteiger partial charge in [-0.2, -0.15) is 0 Å². The third-order valence-electron chi connectivity index (χ3n) is 4.58. The lowest BCUT2D eigenvalue weighted by atomic mass is 9.74. The molecule has 0 saturated heterocycles. The summed E-state index contributed by atoms with van der Waals surface area (Å²) in [5.41, 5.74) is 0. The topological polar surface area (TPSA) is 20.2 Å². The molecule has 0 aliphatic heterocycles. The highest BCUT2D eigenvalue weighted by Crippen LogP contribution is 2.36. The first-order valence-electron chi connectivity index (χ1n) is 9.52. The fraction of sp³-hybridized carbons (Fsp3) is 0.810. The average molecular weight is 309 g/mol. The molecule has 1 nitrogen and oxygen atoms in total. The van der Waals surface area contributed by atoms with Crippen LogP contribution in [0.3, 0.4) is 0 Å². The summed E-state index contributed by atoms with van der Waals surface area (Å²) < 4.78 is 0. The molecule has 1 fully saturated rings. The van der Waals surface area contributed by atoms with Crippen molar-refractivity contribution in [2.24, 2.45) is 17.8 Å². The van der Waals surface area contributed by atoms with Gasteiger partial charge in [-0.05, 0) is 49.9 Å². The van der Waals surface area contributed by atoms with Crippen LogP contribution in [-0.2, 0) is 0 Å². The van der Waals surface area contributed by atoms with Gasteiger partial charge in [-0.25, -0.2) is 0 Å². The zero-order valence-corrected chi connectivity index (χ0v) is 15.6. The van der Waals surface area contributed by atoms with Crippen LogP contribution < -0.4 is 0 Å². The van der Waals surface area contributed by atoms with E-state index in [1.807, 2.05) is 6.08 Å². The first-order chi connectivity index (χ1) is 10.6. The van der Waals surface area contributed by atoms with Crippen molar-refractivity contribution in [2.75, 3.05) is 0 Å². The number of unbranched alkanes of at least 4 members (excludes halogenated alkanes) is 1. The minimum atomic E-state index is -0.118. The van der Waals surface area contributed by atoms with Crippen molar-refractivity contribution in [3.63, 3.8) is 0 Å². The predicted molar refractivity (Wildman–Crippen MR) is 100 cm³/mol. The summed E-state index contributed by atoms with van der Waals surface area (Å²) in [6, 6.07) is 0.